The van der Waals surface area contributed by atoms with Gasteiger partial charge in [0.25, 0.3) is 0 Å². The fraction of sp³-hybridized carbons (Fsp3) is 0.462. The molecule has 0 bridgehead atoms. The van der Waals surface area contributed by atoms with Crippen LogP contribution in [0.3, 0.4) is 0 Å². The van der Waals surface area contributed by atoms with Crippen LogP contribution in [0.5, 0.6) is 5.75 Å². The molecule has 0 aliphatic carbocycles. The minimum atomic E-state index is -0.623. The molecule has 1 aromatic rings. The summed E-state index contributed by atoms with van der Waals surface area (Å²) in [4.78, 5) is 11.9. The summed E-state index contributed by atoms with van der Waals surface area (Å²) in [6, 6.07) is 4.57. The van der Waals surface area contributed by atoms with Crippen molar-refractivity contribution >= 4 is 11.6 Å². The third-order valence-corrected chi connectivity index (χ3v) is 2.71. The van der Waals surface area contributed by atoms with E-state index in [9.17, 15) is 9.90 Å². The molecule has 0 heterocycles. The maximum Gasteiger partial charge on any atom is 0.241 e. The zero-order valence-electron chi connectivity index (χ0n) is 10.7. The van der Waals surface area contributed by atoms with Crippen LogP contribution in [0.2, 0.25) is 0 Å². The fourth-order valence-corrected chi connectivity index (χ4v) is 1.36. The fourth-order valence-electron chi connectivity index (χ4n) is 1.36. The minimum absolute atomic E-state index is 0.0851. The van der Waals surface area contributed by atoms with Crippen molar-refractivity contribution in [3.8, 4) is 5.75 Å². The van der Waals surface area contributed by atoms with Crippen molar-refractivity contribution in [2.75, 3.05) is 5.32 Å². The van der Waals surface area contributed by atoms with Crippen molar-refractivity contribution in [1.29, 1.82) is 0 Å². The lowest BCUT2D eigenvalue weighted by molar-refractivity contribution is -0.119. The van der Waals surface area contributed by atoms with E-state index in [4.69, 9.17) is 5.73 Å². The Labute approximate surface area is 102 Å². The van der Waals surface area contributed by atoms with E-state index in [2.05, 4.69) is 5.32 Å². The number of anilines is 1. The molecular formula is C13H20N2O2. The average molecular weight is 236 g/mol. The molecule has 4 heteroatoms. The Morgan fingerprint density at radius 2 is 2.00 bits per heavy atom. The number of nitrogens with one attached hydrogen (secondary N) is 1. The summed E-state index contributed by atoms with van der Waals surface area (Å²) in [6.45, 7) is 7.46. The summed E-state index contributed by atoms with van der Waals surface area (Å²) in [7, 11) is 0. The first kappa shape index (κ1) is 13.5. The standard InChI is InChI=1S/C13H20N2O2/c1-8-6-5-7-9(10(8)16)15-12(17)11(14)13(2,3)4/h5-7,11,16H,14H2,1-4H3,(H,15,17). The van der Waals surface area contributed by atoms with Crippen LogP contribution in [0.1, 0.15) is 26.3 Å². The molecular weight excluding hydrogens is 216 g/mol. The minimum Gasteiger partial charge on any atom is -0.505 e. The number of phenolic OH excluding ortho intramolecular Hbond substituents is 1. The number of rotatable bonds is 2. The lowest BCUT2D eigenvalue weighted by atomic mass is 9.87. The van der Waals surface area contributed by atoms with Crippen LogP contribution >= 0.6 is 0 Å². The normalized spacial score (nSPS) is 13.2. The third-order valence-electron chi connectivity index (χ3n) is 2.71. The van der Waals surface area contributed by atoms with E-state index in [0.29, 0.717) is 11.3 Å². The molecule has 1 rings (SSSR count). The van der Waals surface area contributed by atoms with Crippen LogP contribution in [-0.4, -0.2) is 17.1 Å². The summed E-state index contributed by atoms with van der Waals surface area (Å²) in [5.74, 6) is -0.208. The molecule has 1 amide bonds. The van der Waals surface area contributed by atoms with Crippen LogP contribution in [0.15, 0.2) is 18.2 Å². The number of amides is 1. The topological polar surface area (TPSA) is 75.4 Å². The SMILES string of the molecule is Cc1cccc(NC(=O)C(N)C(C)(C)C)c1O. The largest absolute Gasteiger partial charge is 0.505 e. The second-order valence-corrected chi connectivity index (χ2v) is 5.30. The number of aryl methyl sites for hydroxylation is 1. The van der Waals surface area contributed by atoms with Gasteiger partial charge in [0.05, 0.1) is 11.7 Å². The van der Waals surface area contributed by atoms with Gasteiger partial charge in [0.15, 0.2) is 0 Å². The lowest BCUT2D eigenvalue weighted by Gasteiger charge is -2.26. The van der Waals surface area contributed by atoms with Crippen molar-refractivity contribution < 1.29 is 9.90 Å². The zero-order valence-corrected chi connectivity index (χ0v) is 10.7. The van der Waals surface area contributed by atoms with E-state index in [-0.39, 0.29) is 17.1 Å². The van der Waals surface area contributed by atoms with Crippen molar-refractivity contribution in [3.05, 3.63) is 23.8 Å². The molecule has 1 aromatic carbocycles. The van der Waals surface area contributed by atoms with Gasteiger partial charge in [-0.05, 0) is 24.0 Å². The maximum atomic E-state index is 11.9. The molecule has 4 nitrogen and oxygen atoms in total. The number of carbonyl (C=O) groups is 1. The molecule has 0 saturated carbocycles. The molecule has 1 atom stereocenters. The van der Waals surface area contributed by atoms with Gasteiger partial charge >= 0.3 is 0 Å². The average Bonchev–Trinajstić information content (AvgIpc) is 2.22. The number of hydrogen-bond acceptors (Lipinski definition) is 3. The van der Waals surface area contributed by atoms with Crippen LogP contribution in [0.4, 0.5) is 5.69 Å². The number of para-hydroxylation sites is 1. The molecule has 0 radical (unpaired) electrons. The third kappa shape index (κ3) is 3.20. The maximum absolute atomic E-state index is 11.9. The Kier molecular flexibility index (Phi) is 3.78. The number of aromatic hydroxyl groups is 1. The molecule has 94 valence electrons. The first-order valence-corrected chi connectivity index (χ1v) is 5.58. The van der Waals surface area contributed by atoms with Crippen molar-refractivity contribution in [2.24, 2.45) is 11.1 Å². The Balaban J connectivity index is 2.86. The van der Waals surface area contributed by atoms with Gasteiger partial charge in [-0.25, -0.2) is 0 Å². The molecule has 0 saturated heterocycles. The predicted molar refractivity (Wildman–Crippen MR) is 68.9 cm³/mol. The molecule has 0 spiro atoms. The molecule has 4 N–H and O–H groups in total. The molecule has 0 aromatic heterocycles. The highest BCUT2D eigenvalue weighted by molar-refractivity contribution is 5.96. The number of carbonyl (C=O) groups excluding carboxylic acids is 1. The highest BCUT2D eigenvalue weighted by atomic mass is 16.3. The molecule has 0 aliphatic heterocycles. The van der Waals surface area contributed by atoms with E-state index >= 15 is 0 Å². The van der Waals surface area contributed by atoms with E-state index in [1.807, 2.05) is 20.8 Å². The van der Waals surface area contributed by atoms with Crippen LogP contribution in [-0.2, 0) is 4.79 Å². The Morgan fingerprint density at radius 3 is 2.53 bits per heavy atom. The summed E-state index contributed by atoms with van der Waals surface area (Å²) in [5, 5.41) is 12.4. The van der Waals surface area contributed by atoms with Crippen molar-refractivity contribution in [3.63, 3.8) is 0 Å². The monoisotopic (exact) mass is 236 g/mol. The van der Waals surface area contributed by atoms with Crippen molar-refractivity contribution in [2.45, 2.75) is 33.7 Å². The number of benzene rings is 1. The van der Waals surface area contributed by atoms with E-state index in [1.165, 1.54) is 0 Å². The summed E-state index contributed by atoms with van der Waals surface area (Å²) in [6.07, 6.45) is 0. The quantitative estimate of drug-likeness (QED) is 0.687. The van der Waals surface area contributed by atoms with Gasteiger partial charge in [-0.2, -0.15) is 0 Å². The van der Waals surface area contributed by atoms with Gasteiger partial charge < -0.3 is 16.2 Å². The molecule has 17 heavy (non-hydrogen) atoms. The van der Waals surface area contributed by atoms with Gasteiger partial charge in [0, 0.05) is 0 Å². The van der Waals surface area contributed by atoms with E-state index in [1.54, 1.807) is 25.1 Å². The zero-order chi connectivity index (χ0) is 13.2. The second-order valence-electron chi connectivity index (χ2n) is 5.30. The predicted octanol–water partition coefficient (Wildman–Crippen LogP) is 2.01. The van der Waals surface area contributed by atoms with Gasteiger partial charge in [-0.1, -0.05) is 32.9 Å². The Hall–Kier alpha value is -1.55. The van der Waals surface area contributed by atoms with Gasteiger partial charge in [-0.15, -0.1) is 0 Å². The lowest BCUT2D eigenvalue weighted by Crippen LogP contribution is -2.45. The van der Waals surface area contributed by atoms with Gasteiger partial charge in [0.1, 0.15) is 5.75 Å². The summed E-state index contributed by atoms with van der Waals surface area (Å²) in [5.41, 5.74) is 6.63. The highest BCUT2D eigenvalue weighted by Crippen LogP contribution is 2.27. The highest BCUT2D eigenvalue weighted by Gasteiger charge is 2.27. The Morgan fingerprint density at radius 1 is 1.41 bits per heavy atom. The van der Waals surface area contributed by atoms with Crippen LogP contribution in [0.25, 0.3) is 0 Å². The first-order chi connectivity index (χ1) is 7.73. The Bertz CT molecular complexity index is 422. The van der Waals surface area contributed by atoms with Crippen LogP contribution < -0.4 is 11.1 Å². The second kappa shape index (κ2) is 4.75. The number of hydrogen-bond donors (Lipinski definition) is 3. The molecule has 1 unspecified atom stereocenters. The van der Waals surface area contributed by atoms with Crippen LogP contribution in [0, 0.1) is 12.3 Å². The number of nitrogens with two attached hydrogens (primary N) is 1. The van der Waals surface area contributed by atoms with E-state index < -0.39 is 6.04 Å². The van der Waals surface area contributed by atoms with E-state index in [0.717, 1.165) is 0 Å². The number of phenols is 1. The molecule has 0 aliphatic rings. The van der Waals surface area contributed by atoms with Gasteiger partial charge in [-0.3, -0.25) is 4.79 Å². The summed E-state index contributed by atoms with van der Waals surface area (Å²) >= 11 is 0. The molecule has 0 fully saturated rings. The smallest absolute Gasteiger partial charge is 0.241 e. The summed E-state index contributed by atoms with van der Waals surface area (Å²) < 4.78 is 0. The van der Waals surface area contributed by atoms with Crippen molar-refractivity contribution in [1.82, 2.24) is 0 Å². The first-order valence-electron chi connectivity index (χ1n) is 5.58. The van der Waals surface area contributed by atoms with Gasteiger partial charge in [0.2, 0.25) is 5.91 Å².